The zero-order chi connectivity index (χ0) is 14.9. The van der Waals surface area contributed by atoms with Crippen LogP contribution in [0.3, 0.4) is 0 Å². The van der Waals surface area contributed by atoms with Gasteiger partial charge in [0.1, 0.15) is 0 Å². The Morgan fingerprint density at radius 3 is 2.38 bits per heavy atom. The second kappa shape index (κ2) is 5.08. The van der Waals surface area contributed by atoms with Crippen LogP contribution in [-0.4, -0.2) is 24.6 Å². The fourth-order valence-corrected chi connectivity index (χ4v) is 2.56. The van der Waals surface area contributed by atoms with Crippen molar-refractivity contribution in [3.05, 3.63) is 59.9 Å². The van der Waals surface area contributed by atoms with Crippen molar-refractivity contribution in [2.45, 2.75) is 4.90 Å². The number of para-hydroxylation sites is 2. The summed E-state index contributed by atoms with van der Waals surface area (Å²) < 4.78 is 22.7. The summed E-state index contributed by atoms with van der Waals surface area (Å²) in [6.07, 6.45) is 1.18. The molecule has 4 nitrogen and oxygen atoms in total. The molecule has 1 aromatic heterocycles. The van der Waals surface area contributed by atoms with Crippen LogP contribution in [0, 0.1) is 11.8 Å². The Morgan fingerprint density at radius 1 is 1.00 bits per heavy atom. The first-order valence-electron chi connectivity index (χ1n) is 6.29. The van der Waals surface area contributed by atoms with Crippen LogP contribution >= 0.6 is 0 Å². The maximum absolute atomic E-state index is 11.4. The quantitative estimate of drug-likeness (QED) is 0.701. The summed E-state index contributed by atoms with van der Waals surface area (Å²) in [7, 11) is -3.17. The Labute approximate surface area is 122 Å². The van der Waals surface area contributed by atoms with E-state index < -0.39 is 9.84 Å². The van der Waals surface area contributed by atoms with E-state index in [1.807, 2.05) is 24.3 Å². The second-order valence-electron chi connectivity index (χ2n) is 4.65. The highest BCUT2D eigenvalue weighted by molar-refractivity contribution is 7.90. The van der Waals surface area contributed by atoms with E-state index in [1.54, 1.807) is 24.3 Å². The van der Waals surface area contributed by atoms with Crippen molar-refractivity contribution in [3.63, 3.8) is 0 Å². The number of benzene rings is 2. The fraction of sp³-hybridized carbons (Fsp3) is 0.0625. The first kappa shape index (κ1) is 13.4. The van der Waals surface area contributed by atoms with E-state index in [2.05, 4.69) is 21.8 Å². The normalized spacial score (nSPS) is 11.1. The molecule has 1 heterocycles. The molecular weight excluding hydrogens is 284 g/mol. The highest BCUT2D eigenvalue weighted by Crippen LogP contribution is 2.11. The number of fused-ring (bicyclic) bond motifs is 1. The van der Waals surface area contributed by atoms with Gasteiger partial charge in [-0.05, 0) is 42.3 Å². The van der Waals surface area contributed by atoms with Crippen molar-refractivity contribution in [1.82, 2.24) is 9.97 Å². The summed E-state index contributed by atoms with van der Waals surface area (Å²) in [5.41, 5.74) is 2.55. The van der Waals surface area contributed by atoms with Crippen LogP contribution in [0.5, 0.6) is 0 Å². The molecule has 0 aliphatic rings. The summed E-state index contributed by atoms with van der Waals surface area (Å²) in [5.74, 6) is 6.49. The van der Waals surface area contributed by atoms with Crippen molar-refractivity contribution >= 4 is 20.9 Å². The number of nitrogens with zero attached hydrogens (tertiary/aromatic N) is 1. The Hall–Kier alpha value is -2.58. The number of aromatic nitrogens is 2. The molecule has 0 atom stereocenters. The van der Waals surface area contributed by atoms with Crippen LogP contribution in [0.2, 0.25) is 0 Å². The third-order valence-electron chi connectivity index (χ3n) is 3.00. The molecule has 0 fully saturated rings. The molecule has 0 aliphatic carbocycles. The van der Waals surface area contributed by atoms with E-state index in [9.17, 15) is 8.42 Å². The summed E-state index contributed by atoms with van der Waals surface area (Å²) >= 11 is 0. The molecule has 0 amide bonds. The van der Waals surface area contributed by atoms with E-state index in [0.717, 1.165) is 16.6 Å². The van der Waals surface area contributed by atoms with Crippen molar-refractivity contribution in [2.75, 3.05) is 6.26 Å². The van der Waals surface area contributed by atoms with E-state index >= 15 is 0 Å². The van der Waals surface area contributed by atoms with Crippen LogP contribution in [0.1, 0.15) is 11.4 Å². The molecule has 0 aliphatic heterocycles. The van der Waals surface area contributed by atoms with E-state index in [-0.39, 0.29) is 4.90 Å². The van der Waals surface area contributed by atoms with Gasteiger partial charge in [0.05, 0.1) is 15.9 Å². The number of aromatic amines is 1. The van der Waals surface area contributed by atoms with E-state index in [4.69, 9.17) is 0 Å². The molecule has 0 radical (unpaired) electrons. The Balaban J connectivity index is 1.90. The van der Waals surface area contributed by atoms with Gasteiger partial charge in [0.2, 0.25) is 0 Å². The van der Waals surface area contributed by atoms with Gasteiger partial charge < -0.3 is 4.98 Å². The minimum atomic E-state index is -3.17. The molecule has 0 saturated heterocycles. The number of nitrogens with one attached hydrogen (secondary N) is 1. The SMILES string of the molecule is CS(=O)(=O)c1ccc(C#Cc2nc3ccccc3[nH]2)cc1. The van der Waals surface area contributed by atoms with Gasteiger partial charge in [0.25, 0.3) is 0 Å². The maximum atomic E-state index is 11.4. The topological polar surface area (TPSA) is 62.8 Å². The average molecular weight is 296 g/mol. The Morgan fingerprint density at radius 2 is 1.71 bits per heavy atom. The first-order valence-corrected chi connectivity index (χ1v) is 8.18. The van der Waals surface area contributed by atoms with E-state index in [0.29, 0.717) is 5.82 Å². The van der Waals surface area contributed by atoms with Crippen molar-refractivity contribution in [1.29, 1.82) is 0 Å². The third-order valence-corrected chi connectivity index (χ3v) is 4.13. The van der Waals surface area contributed by atoms with Gasteiger partial charge in [-0.15, -0.1) is 0 Å². The molecule has 21 heavy (non-hydrogen) atoms. The van der Waals surface area contributed by atoms with Crippen LogP contribution < -0.4 is 0 Å². The van der Waals surface area contributed by atoms with Crippen LogP contribution in [0.4, 0.5) is 0 Å². The number of hydrogen-bond donors (Lipinski definition) is 1. The summed E-state index contributed by atoms with van der Waals surface area (Å²) in [6, 6.07) is 14.2. The molecule has 104 valence electrons. The summed E-state index contributed by atoms with van der Waals surface area (Å²) in [5, 5.41) is 0. The lowest BCUT2D eigenvalue weighted by Gasteiger charge is -1.96. The molecular formula is C16H12N2O2S. The predicted molar refractivity (Wildman–Crippen MR) is 81.6 cm³/mol. The van der Waals surface area contributed by atoms with Crippen molar-refractivity contribution in [3.8, 4) is 11.8 Å². The summed E-state index contributed by atoms with van der Waals surface area (Å²) in [4.78, 5) is 7.77. The smallest absolute Gasteiger partial charge is 0.184 e. The molecule has 0 saturated carbocycles. The van der Waals surface area contributed by atoms with Crippen LogP contribution in [-0.2, 0) is 9.84 Å². The minimum Gasteiger partial charge on any atom is -0.331 e. The van der Waals surface area contributed by atoms with Crippen molar-refractivity contribution < 1.29 is 8.42 Å². The van der Waals surface area contributed by atoms with Gasteiger partial charge in [-0.1, -0.05) is 18.1 Å². The molecule has 3 aromatic rings. The maximum Gasteiger partial charge on any atom is 0.184 e. The highest BCUT2D eigenvalue weighted by Gasteiger charge is 2.05. The molecule has 2 aromatic carbocycles. The number of H-pyrrole nitrogens is 1. The lowest BCUT2D eigenvalue weighted by molar-refractivity contribution is 0.602. The minimum absolute atomic E-state index is 0.289. The lowest BCUT2D eigenvalue weighted by Crippen LogP contribution is -1.96. The van der Waals surface area contributed by atoms with Crippen LogP contribution in [0.15, 0.2) is 53.4 Å². The van der Waals surface area contributed by atoms with Gasteiger partial charge >= 0.3 is 0 Å². The molecule has 0 spiro atoms. The number of imidazole rings is 1. The lowest BCUT2D eigenvalue weighted by atomic mass is 10.2. The average Bonchev–Trinajstić information content (AvgIpc) is 2.87. The zero-order valence-corrected chi connectivity index (χ0v) is 12.1. The fourth-order valence-electron chi connectivity index (χ4n) is 1.93. The number of rotatable bonds is 1. The van der Waals surface area contributed by atoms with Crippen LogP contribution in [0.25, 0.3) is 11.0 Å². The van der Waals surface area contributed by atoms with Gasteiger partial charge in [0.15, 0.2) is 15.7 Å². The van der Waals surface area contributed by atoms with Gasteiger partial charge in [0, 0.05) is 11.8 Å². The Kier molecular flexibility index (Phi) is 3.24. The Bertz CT molecular complexity index is 926. The largest absolute Gasteiger partial charge is 0.331 e. The monoisotopic (exact) mass is 296 g/mol. The van der Waals surface area contributed by atoms with Crippen molar-refractivity contribution in [2.24, 2.45) is 0 Å². The number of hydrogen-bond acceptors (Lipinski definition) is 3. The summed E-state index contributed by atoms with van der Waals surface area (Å²) in [6.45, 7) is 0. The van der Waals surface area contributed by atoms with Gasteiger partial charge in [-0.3, -0.25) is 0 Å². The number of sulfone groups is 1. The first-order chi connectivity index (χ1) is 10.0. The van der Waals surface area contributed by atoms with E-state index in [1.165, 1.54) is 6.26 Å². The molecule has 0 bridgehead atoms. The highest BCUT2D eigenvalue weighted by atomic mass is 32.2. The third kappa shape index (κ3) is 2.96. The molecule has 3 rings (SSSR count). The zero-order valence-electron chi connectivity index (χ0n) is 11.3. The van der Waals surface area contributed by atoms with Gasteiger partial charge in [-0.25, -0.2) is 13.4 Å². The molecule has 1 N–H and O–H groups in total. The molecule has 0 unspecified atom stereocenters. The standard InChI is InChI=1S/C16H12N2O2S/c1-21(19,20)13-9-6-12(7-10-13)8-11-16-17-14-4-2-3-5-15(14)18-16/h2-7,9-10H,1H3,(H,17,18). The second-order valence-corrected chi connectivity index (χ2v) is 6.66. The molecule has 5 heteroatoms. The van der Waals surface area contributed by atoms with Gasteiger partial charge in [-0.2, -0.15) is 0 Å². The predicted octanol–water partition coefficient (Wildman–Crippen LogP) is 2.37.